The van der Waals surface area contributed by atoms with Gasteiger partial charge in [0.1, 0.15) is 5.52 Å². The Balaban J connectivity index is 1.47. The summed E-state index contributed by atoms with van der Waals surface area (Å²) in [6, 6.07) is 5.39. The Morgan fingerprint density at radius 2 is 2.06 bits per heavy atom. The van der Waals surface area contributed by atoms with Crippen LogP contribution >= 0.6 is 0 Å². The Bertz CT molecular complexity index is 1300. The van der Waals surface area contributed by atoms with Crippen molar-refractivity contribution in [3.63, 3.8) is 0 Å². The number of benzene rings is 1. The van der Waals surface area contributed by atoms with Crippen molar-refractivity contribution in [1.29, 1.82) is 0 Å². The summed E-state index contributed by atoms with van der Waals surface area (Å²) < 4.78 is 17.8. The van der Waals surface area contributed by atoms with Gasteiger partial charge < -0.3 is 20.4 Å². The molecule has 5 rings (SSSR count). The molecule has 0 atom stereocenters. The molecule has 166 valence electrons. The lowest BCUT2D eigenvalue weighted by atomic mass is 10.0. The minimum atomic E-state index is -0.488. The first-order valence-corrected chi connectivity index (χ1v) is 11.0. The maximum absolute atomic E-state index is 14.4. The van der Waals surface area contributed by atoms with Crippen LogP contribution in [0.3, 0.4) is 0 Å². The van der Waals surface area contributed by atoms with Gasteiger partial charge in [-0.25, -0.2) is 9.37 Å². The lowest BCUT2D eigenvalue weighted by Crippen LogP contribution is -2.35. The molecule has 3 N–H and O–H groups in total. The molecule has 0 saturated carbocycles. The molecule has 32 heavy (non-hydrogen) atoms. The Kier molecular flexibility index (Phi) is 5.26. The lowest BCUT2D eigenvalue weighted by Gasteiger charge is -2.25. The molecule has 4 aromatic rings. The number of halogens is 1. The minimum absolute atomic E-state index is 0.234. The molecule has 1 fully saturated rings. The van der Waals surface area contributed by atoms with Crippen molar-refractivity contribution in [2.24, 2.45) is 0 Å². The predicted octanol–water partition coefficient (Wildman–Crippen LogP) is 3.57. The van der Waals surface area contributed by atoms with Crippen LogP contribution in [-0.4, -0.2) is 44.2 Å². The van der Waals surface area contributed by atoms with E-state index in [1.807, 2.05) is 23.9 Å². The first-order chi connectivity index (χ1) is 15.5. The molecular weight excluding hydrogens is 409 g/mol. The number of pyridine rings is 1. The number of amides is 1. The number of carbonyl (C=O) groups excluding carboxylic acids is 1. The lowest BCUT2D eigenvalue weighted by molar-refractivity contribution is 0.102. The van der Waals surface area contributed by atoms with Gasteiger partial charge in [0.25, 0.3) is 5.91 Å². The molecular formula is C23H26FN7O. The Hall–Kier alpha value is -3.46. The third-order valence-electron chi connectivity index (χ3n) is 5.88. The number of rotatable bonds is 5. The molecule has 1 amide bonds. The number of anilines is 2. The zero-order chi connectivity index (χ0) is 22.2. The Morgan fingerprint density at radius 3 is 2.84 bits per heavy atom. The molecule has 3 aromatic heterocycles. The van der Waals surface area contributed by atoms with Crippen LogP contribution in [0.4, 0.5) is 15.8 Å². The number of nitrogens with one attached hydrogen (secondary N) is 3. The van der Waals surface area contributed by atoms with Gasteiger partial charge in [-0.05, 0) is 51.9 Å². The van der Waals surface area contributed by atoms with E-state index in [1.54, 1.807) is 29.8 Å². The molecule has 0 bridgehead atoms. The smallest absolute Gasteiger partial charge is 0.257 e. The molecule has 1 aliphatic heterocycles. The summed E-state index contributed by atoms with van der Waals surface area (Å²) in [5.41, 5.74) is 3.35. The van der Waals surface area contributed by atoms with Crippen molar-refractivity contribution in [2.45, 2.75) is 39.3 Å². The van der Waals surface area contributed by atoms with Crippen LogP contribution in [0.2, 0.25) is 0 Å². The van der Waals surface area contributed by atoms with E-state index < -0.39 is 5.82 Å². The highest BCUT2D eigenvalue weighted by Crippen LogP contribution is 2.28. The number of imidazole rings is 1. The minimum Gasteiger partial charge on any atom is -0.382 e. The second-order valence-corrected chi connectivity index (χ2v) is 8.22. The van der Waals surface area contributed by atoms with Gasteiger partial charge in [0.2, 0.25) is 0 Å². The fourth-order valence-corrected chi connectivity index (χ4v) is 4.26. The van der Waals surface area contributed by atoms with Crippen molar-refractivity contribution >= 4 is 33.8 Å². The molecule has 1 saturated heterocycles. The number of hydrogen-bond acceptors (Lipinski definition) is 5. The number of aromatic nitrogens is 4. The maximum atomic E-state index is 14.4. The summed E-state index contributed by atoms with van der Waals surface area (Å²) in [7, 11) is 0. The highest BCUT2D eigenvalue weighted by atomic mass is 19.1. The highest BCUT2D eigenvalue weighted by molar-refractivity contribution is 6.13. The van der Waals surface area contributed by atoms with Crippen molar-refractivity contribution in [2.75, 3.05) is 23.7 Å². The quantitative estimate of drug-likeness (QED) is 0.446. The third-order valence-corrected chi connectivity index (χ3v) is 5.88. The van der Waals surface area contributed by atoms with E-state index in [4.69, 9.17) is 0 Å². The first-order valence-electron chi connectivity index (χ1n) is 11.0. The maximum Gasteiger partial charge on any atom is 0.257 e. The van der Waals surface area contributed by atoms with Gasteiger partial charge in [0.15, 0.2) is 11.5 Å². The summed E-state index contributed by atoms with van der Waals surface area (Å²) in [5, 5.41) is 15.4. The molecule has 0 spiro atoms. The van der Waals surface area contributed by atoms with Gasteiger partial charge in [0, 0.05) is 48.3 Å². The van der Waals surface area contributed by atoms with Crippen molar-refractivity contribution in [3.8, 4) is 0 Å². The van der Waals surface area contributed by atoms with Crippen LogP contribution < -0.4 is 16.0 Å². The Labute approximate surface area is 184 Å². The van der Waals surface area contributed by atoms with Crippen LogP contribution in [0.1, 0.15) is 35.8 Å². The third kappa shape index (κ3) is 3.80. The van der Waals surface area contributed by atoms with E-state index in [0.29, 0.717) is 35.0 Å². The van der Waals surface area contributed by atoms with E-state index in [1.165, 1.54) is 6.07 Å². The topological polar surface area (TPSA) is 88.3 Å². The van der Waals surface area contributed by atoms with E-state index in [2.05, 4.69) is 26.0 Å². The molecule has 4 heterocycles. The molecule has 0 aliphatic carbocycles. The van der Waals surface area contributed by atoms with E-state index in [0.717, 1.165) is 37.0 Å². The zero-order valence-electron chi connectivity index (χ0n) is 18.2. The summed E-state index contributed by atoms with van der Waals surface area (Å²) in [4.78, 5) is 17.3. The van der Waals surface area contributed by atoms with Gasteiger partial charge in [0.05, 0.1) is 16.9 Å². The van der Waals surface area contributed by atoms with Crippen molar-refractivity contribution in [1.82, 2.24) is 24.5 Å². The first kappa shape index (κ1) is 20.4. The normalized spacial score (nSPS) is 14.8. The fourth-order valence-electron chi connectivity index (χ4n) is 4.26. The average Bonchev–Trinajstić information content (AvgIpc) is 3.38. The molecule has 0 unspecified atom stereocenters. The largest absolute Gasteiger partial charge is 0.382 e. The van der Waals surface area contributed by atoms with Crippen molar-refractivity contribution < 1.29 is 9.18 Å². The molecule has 0 radical (unpaired) electrons. The summed E-state index contributed by atoms with van der Waals surface area (Å²) in [6.07, 6.45) is 7.44. The van der Waals surface area contributed by atoms with Crippen molar-refractivity contribution in [3.05, 3.63) is 53.9 Å². The van der Waals surface area contributed by atoms with Crippen LogP contribution in [0.15, 0.2) is 36.8 Å². The van der Waals surface area contributed by atoms with Gasteiger partial charge in [-0.1, -0.05) is 0 Å². The number of fused-ring (bicyclic) bond motifs is 2. The van der Waals surface area contributed by atoms with E-state index in [9.17, 15) is 9.18 Å². The number of hydrogen-bond donors (Lipinski definition) is 3. The number of piperidine rings is 1. The van der Waals surface area contributed by atoms with E-state index in [-0.39, 0.29) is 11.6 Å². The average molecular weight is 436 g/mol. The number of carbonyl (C=O) groups is 1. The van der Waals surface area contributed by atoms with Gasteiger partial charge in [-0.3, -0.25) is 9.48 Å². The molecule has 1 aliphatic rings. The van der Waals surface area contributed by atoms with Crippen LogP contribution in [-0.2, 0) is 6.54 Å². The number of nitrogens with zero attached hydrogens (tertiary/aromatic N) is 4. The summed E-state index contributed by atoms with van der Waals surface area (Å²) in [5.74, 6) is -0.821. The molecule has 8 nitrogen and oxygen atoms in total. The van der Waals surface area contributed by atoms with E-state index >= 15 is 0 Å². The molecule has 1 aromatic carbocycles. The van der Waals surface area contributed by atoms with Crippen LogP contribution in [0.25, 0.3) is 16.6 Å². The molecule has 9 heteroatoms. The summed E-state index contributed by atoms with van der Waals surface area (Å²) in [6.45, 7) is 6.49. The Morgan fingerprint density at radius 1 is 1.25 bits per heavy atom. The van der Waals surface area contributed by atoms with Gasteiger partial charge >= 0.3 is 0 Å². The predicted molar refractivity (Wildman–Crippen MR) is 123 cm³/mol. The second-order valence-electron chi connectivity index (χ2n) is 8.22. The SMILES string of the molecule is CCn1cc2c(NC3CCNCC3)ccc(C(=O)Nc3cc(F)c4nc(C)cn4c3)c2n1. The van der Waals surface area contributed by atoms with Crippen LogP contribution in [0.5, 0.6) is 0 Å². The zero-order valence-corrected chi connectivity index (χ0v) is 18.2. The van der Waals surface area contributed by atoms with Gasteiger partial charge in [-0.2, -0.15) is 5.10 Å². The standard InChI is InChI=1S/C23H26FN7O/c1-3-31-13-18-20(27-15-6-8-25-9-7-15)5-4-17(21(18)29-31)23(32)28-16-10-19(24)22-26-14(2)11-30(22)12-16/h4-5,10-13,15,25,27H,3,6-9H2,1-2H3,(H,28,32). The van der Waals surface area contributed by atoms with Crippen LogP contribution in [0, 0.1) is 12.7 Å². The fraction of sp³-hybridized carbons (Fsp3) is 0.348. The highest BCUT2D eigenvalue weighted by Gasteiger charge is 2.20. The monoisotopic (exact) mass is 435 g/mol. The summed E-state index contributed by atoms with van der Waals surface area (Å²) >= 11 is 0. The van der Waals surface area contributed by atoms with Gasteiger partial charge in [-0.15, -0.1) is 0 Å². The second kappa shape index (κ2) is 8.23. The number of aryl methyl sites for hydroxylation is 2.